The third-order valence-electron chi connectivity index (χ3n) is 3.07. The molecule has 1 heterocycles. The predicted octanol–water partition coefficient (Wildman–Crippen LogP) is -0.309. The molecule has 0 aromatic carbocycles. The number of amides is 2. The van der Waals surface area contributed by atoms with Crippen molar-refractivity contribution in [2.75, 3.05) is 0 Å². The van der Waals surface area contributed by atoms with Crippen LogP contribution in [-0.4, -0.2) is 11.8 Å². The number of imide groups is 1. The van der Waals surface area contributed by atoms with Crippen LogP contribution in [0.5, 0.6) is 0 Å². The van der Waals surface area contributed by atoms with Crippen LogP contribution in [0.25, 0.3) is 0 Å². The standard InChI is InChI=1S/C8H7NO2/c10-7-5-3-1-2-4(3)6(5)8(11)9-7/h1-6H,(H,9,10,11). The number of hydrogen-bond acceptors (Lipinski definition) is 2. The zero-order chi connectivity index (χ0) is 7.59. The monoisotopic (exact) mass is 149 g/mol. The van der Waals surface area contributed by atoms with Crippen LogP contribution in [0.3, 0.4) is 0 Å². The molecular weight excluding hydrogens is 142 g/mol. The number of allylic oxidation sites excluding steroid dienone is 2. The number of hydrogen-bond donors (Lipinski definition) is 1. The molecule has 3 nitrogen and oxygen atoms in total. The van der Waals surface area contributed by atoms with Crippen molar-refractivity contribution in [2.45, 2.75) is 0 Å². The minimum Gasteiger partial charge on any atom is -0.296 e. The lowest BCUT2D eigenvalue weighted by atomic mass is 9.52. The van der Waals surface area contributed by atoms with Crippen LogP contribution in [0.1, 0.15) is 0 Å². The average Bonchev–Trinajstić information content (AvgIpc) is 2.11. The Balaban J connectivity index is 2.03. The summed E-state index contributed by atoms with van der Waals surface area (Å²) in [6, 6.07) is 0. The van der Waals surface area contributed by atoms with Crippen molar-refractivity contribution in [2.24, 2.45) is 23.7 Å². The van der Waals surface area contributed by atoms with E-state index in [2.05, 4.69) is 5.32 Å². The van der Waals surface area contributed by atoms with Crippen LogP contribution in [-0.2, 0) is 9.59 Å². The molecule has 3 rings (SSSR count). The van der Waals surface area contributed by atoms with Crippen molar-refractivity contribution in [1.29, 1.82) is 0 Å². The SMILES string of the molecule is O=C1NC(=O)C2C3C=CC3C12. The highest BCUT2D eigenvalue weighted by atomic mass is 16.2. The van der Waals surface area contributed by atoms with Crippen molar-refractivity contribution in [3.63, 3.8) is 0 Å². The van der Waals surface area contributed by atoms with Crippen molar-refractivity contribution >= 4 is 11.8 Å². The number of rotatable bonds is 0. The Morgan fingerprint density at radius 2 is 1.45 bits per heavy atom. The first-order valence-corrected chi connectivity index (χ1v) is 3.82. The van der Waals surface area contributed by atoms with Gasteiger partial charge in [0.1, 0.15) is 0 Å². The van der Waals surface area contributed by atoms with E-state index in [-0.39, 0.29) is 23.7 Å². The first-order valence-electron chi connectivity index (χ1n) is 3.82. The molecule has 56 valence electrons. The quantitative estimate of drug-likeness (QED) is 0.379. The van der Waals surface area contributed by atoms with E-state index in [0.717, 1.165) is 0 Å². The lowest BCUT2D eigenvalue weighted by Crippen LogP contribution is -2.50. The zero-order valence-electron chi connectivity index (χ0n) is 5.78. The number of fused-ring (bicyclic) bond motifs is 4. The zero-order valence-corrected chi connectivity index (χ0v) is 5.78. The van der Waals surface area contributed by atoms with Gasteiger partial charge in [0.05, 0.1) is 11.8 Å². The summed E-state index contributed by atoms with van der Waals surface area (Å²) in [4.78, 5) is 22.1. The van der Waals surface area contributed by atoms with Gasteiger partial charge in [-0.25, -0.2) is 0 Å². The fourth-order valence-corrected chi connectivity index (χ4v) is 2.38. The van der Waals surface area contributed by atoms with Gasteiger partial charge in [0.25, 0.3) is 0 Å². The fraction of sp³-hybridized carbons (Fsp3) is 0.500. The summed E-state index contributed by atoms with van der Waals surface area (Å²) in [6.07, 6.45) is 4.06. The Kier molecular flexibility index (Phi) is 0.700. The summed E-state index contributed by atoms with van der Waals surface area (Å²) in [5.41, 5.74) is 0. The first kappa shape index (κ1) is 5.52. The van der Waals surface area contributed by atoms with Crippen LogP contribution >= 0.6 is 0 Å². The highest BCUT2D eigenvalue weighted by Crippen LogP contribution is 2.55. The van der Waals surface area contributed by atoms with Gasteiger partial charge < -0.3 is 0 Å². The molecule has 0 aromatic rings. The smallest absolute Gasteiger partial charge is 0.231 e. The molecule has 2 amide bonds. The van der Waals surface area contributed by atoms with E-state index >= 15 is 0 Å². The van der Waals surface area contributed by atoms with E-state index in [0.29, 0.717) is 11.8 Å². The van der Waals surface area contributed by atoms with Crippen molar-refractivity contribution in [3.05, 3.63) is 12.2 Å². The second-order valence-electron chi connectivity index (χ2n) is 3.44. The molecule has 1 saturated heterocycles. The Labute approximate surface area is 63.5 Å². The molecule has 0 bridgehead atoms. The minimum absolute atomic E-state index is 0.0162. The van der Waals surface area contributed by atoms with E-state index < -0.39 is 0 Å². The van der Waals surface area contributed by atoms with Crippen molar-refractivity contribution in [3.8, 4) is 0 Å². The number of carbonyl (C=O) groups excluding carboxylic acids is 2. The Morgan fingerprint density at radius 3 is 1.82 bits per heavy atom. The summed E-state index contributed by atoms with van der Waals surface area (Å²) >= 11 is 0. The van der Waals surface area contributed by atoms with Gasteiger partial charge in [0, 0.05) is 0 Å². The van der Waals surface area contributed by atoms with Gasteiger partial charge in [-0.05, 0) is 11.8 Å². The Morgan fingerprint density at radius 1 is 1.00 bits per heavy atom. The molecule has 0 spiro atoms. The van der Waals surface area contributed by atoms with E-state index in [9.17, 15) is 9.59 Å². The molecular formula is C8H7NO2. The summed E-state index contributed by atoms with van der Waals surface area (Å²) < 4.78 is 0. The van der Waals surface area contributed by atoms with Gasteiger partial charge in [0.15, 0.2) is 0 Å². The van der Waals surface area contributed by atoms with E-state index in [4.69, 9.17) is 0 Å². The molecule has 1 aliphatic heterocycles. The van der Waals surface area contributed by atoms with Crippen LogP contribution in [0, 0.1) is 23.7 Å². The van der Waals surface area contributed by atoms with E-state index in [1.165, 1.54) is 0 Å². The predicted molar refractivity (Wildman–Crippen MR) is 36.2 cm³/mol. The number of nitrogens with one attached hydrogen (secondary N) is 1. The second-order valence-corrected chi connectivity index (χ2v) is 3.44. The van der Waals surface area contributed by atoms with Gasteiger partial charge in [0.2, 0.25) is 11.8 Å². The third-order valence-corrected chi connectivity index (χ3v) is 3.07. The molecule has 2 fully saturated rings. The van der Waals surface area contributed by atoms with Crippen molar-refractivity contribution in [1.82, 2.24) is 5.32 Å². The van der Waals surface area contributed by atoms with Crippen LogP contribution < -0.4 is 5.32 Å². The Hall–Kier alpha value is -1.12. The molecule has 4 atom stereocenters. The maximum absolute atomic E-state index is 11.1. The molecule has 3 heteroatoms. The fourth-order valence-electron chi connectivity index (χ4n) is 2.38. The molecule has 0 radical (unpaired) electrons. The van der Waals surface area contributed by atoms with Gasteiger partial charge in [-0.3, -0.25) is 14.9 Å². The van der Waals surface area contributed by atoms with E-state index in [1.54, 1.807) is 0 Å². The average molecular weight is 149 g/mol. The lowest BCUT2D eigenvalue weighted by Gasteiger charge is -2.48. The second kappa shape index (κ2) is 1.40. The molecule has 2 aliphatic carbocycles. The van der Waals surface area contributed by atoms with Crippen molar-refractivity contribution < 1.29 is 9.59 Å². The van der Waals surface area contributed by atoms with E-state index in [1.807, 2.05) is 12.2 Å². The molecule has 0 aromatic heterocycles. The number of carbonyl (C=O) groups is 2. The maximum Gasteiger partial charge on any atom is 0.231 e. The maximum atomic E-state index is 11.1. The highest BCUT2D eigenvalue weighted by Gasteiger charge is 2.62. The highest BCUT2D eigenvalue weighted by molar-refractivity contribution is 6.07. The largest absolute Gasteiger partial charge is 0.296 e. The third kappa shape index (κ3) is 0.414. The minimum atomic E-state index is -0.0643. The lowest BCUT2D eigenvalue weighted by molar-refractivity contribution is -0.132. The summed E-state index contributed by atoms with van der Waals surface area (Å²) in [5, 5.41) is 2.36. The molecule has 1 saturated carbocycles. The van der Waals surface area contributed by atoms with Crippen LogP contribution in [0.4, 0.5) is 0 Å². The topological polar surface area (TPSA) is 46.2 Å². The summed E-state index contributed by atoms with van der Waals surface area (Å²) in [7, 11) is 0. The van der Waals surface area contributed by atoms with Gasteiger partial charge in [-0.1, -0.05) is 12.2 Å². The molecule has 3 aliphatic rings. The summed E-state index contributed by atoms with van der Waals surface area (Å²) in [5.74, 6) is 0.601. The first-order chi connectivity index (χ1) is 5.29. The molecule has 4 unspecified atom stereocenters. The Bertz CT molecular complexity index is 266. The summed E-state index contributed by atoms with van der Waals surface area (Å²) in [6.45, 7) is 0. The van der Waals surface area contributed by atoms with Gasteiger partial charge >= 0.3 is 0 Å². The normalized spacial score (nSPS) is 50.5. The van der Waals surface area contributed by atoms with Crippen LogP contribution in [0.2, 0.25) is 0 Å². The van der Waals surface area contributed by atoms with Crippen LogP contribution in [0.15, 0.2) is 12.2 Å². The molecule has 1 N–H and O–H groups in total. The van der Waals surface area contributed by atoms with Gasteiger partial charge in [-0.2, -0.15) is 0 Å². The molecule has 11 heavy (non-hydrogen) atoms. The van der Waals surface area contributed by atoms with Gasteiger partial charge in [-0.15, -0.1) is 0 Å².